The minimum atomic E-state index is -0.665. The van der Waals surface area contributed by atoms with E-state index in [1.165, 1.54) is 11.3 Å². The maximum absolute atomic E-state index is 11.8. The molecule has 7 heteroatoms. The van der Waals surface area contributed by atoms with E-state index in [0.29, 0.717) is 17.0 Å². The summed E-state index contributed by atoms with van der Waals surface area (Å²) in [5, 5.41) is 6.44. The van der Waals surface area contributed by atoms with Crippen molar-refractivity contribution in [3.05, 3.63) is 16.3 Å². The lowest BCUT2D eigenvalue weighted by Crippen LogP contribution is -2.52. The van der Waals surface area contributed by atoms with Gasteiger partial charge in [-0.05, 0) is 17.9 Å². The highest BCUT2D eigenvalue weighted by Gasteiger charge is 2.28. The Morgan fingerprint density at radius 1 is 1.53 bits per heavy atom. The number of thiophene rings is 1. The van der Waals surface area contributed by atoms with E-state index in [1.54, 1.807) is 11.4 Å². The van der Waals surface area contributed by atoms with Crippen LogP contribution in [0.2, 0.25) is 0 Å². The first-order valence-corrected chi connectivity index (χ1v) is 5.93. The van der Waals surface area contributed by atoms with E-state index in [1.807, 2.05) is 0 Å². The van der Waals surface area contributed by atoms with Gasteiger partial charge in [-0.1, -0.05) is 0 Å². The lowest BCUT2D eigenvalue weighted by molar-refractivity contribution is -0.134. The van der Waals surface area contributed by atoms with Crippen LogP contribution in [0.15, 0.2) is 11.4 Å². The number of nitrogens with two attached hydrogens (primary N) is 1. The molecule has 2 rings (SSSR count). The van der Waals surface area contributed by atoms with Crippen molar-refractivity contribution < 1.29 is 14.4 Å². The molecule has 0 aromatic carbocycles. The molecule has 1 unspecified atom stereocenters. The van der Waals surface area contributed by atoms with Gasteiger partial charge in [0.05, 0.1) is 5.69 Å². The number of nitrogen functional groups attached to an aromatic ring is 1. The topological polar surface area (TPSA) is 101 Å². The molecular weight excluding hydrogens is 242 g/mol. The van der Waals surface area contributed by atoms with Crippen molar-refractivity contribution in [2.24, 2.45) is 0 Å². The van der Waals surface area contributed by atoms with Crippen LogP contribution in [0.25, 0.3) is 0 Å². The third-order valence-electron chi connectivity index (χ3n) is 2.45. The molecule has 0 aliphatic carbocycles. The Morgan fingerprint density at radius 3 is 2.88 bits per heavy atom. The summed E-state index contributed by atoms with van der Waals surface area (Å²) in [7, 11) is 0. The van der Waals surface area contributed by atoms with Crippen molar-refractivity contribution in [3.8, 4) is 0 Å². The molecule has 1 atom stereocenters. The molecule has 17 heavy (non-hydrogen) atoms. The van der Waals surface area contributed by atoms with E-state index >= 15 is 0 Å². The van der Waals surface area contributed by atoms with Crippen LogP contribution in [0.1, 0.15) is 22.5 Å². The van der Waals surface area contributed by atoms with Crippen LogP contribution >= 0.6 is 11.3 Å². The summed E-state index contributed by atoms with van der Waals surface area (Å²) in [6, 6.07) is 0.964. The average molecular weight is 253 g/mol. The molecule has 1 aromatic rings. The van der Waals surface area contributed by atoms with Crippen molar-refractivity contribution in [1.82, 2.24) is 10.6 Å². The number of anilines is 1. The van der Waals surface area contributed by atoms with Gasteiger partial charge in [-0.25, -0.2) is 0 Å². The van der Waals surface area contributed by atoms with Gasteiger partial charge in [0, 0.05) is 6.42 Å². The van der Waals surface area contributed by atoms with E-state index in [9.17, 15) is 14.4 Å². The van der Waals surface area contributed by atoms with Gasteiger partial charge in [-0.2, -0.15) is 0 Å². The number of amides is 3. The van der Waals surface area contributed by atoms with Crippen LogP contribution in [-0.4, -0.2) is 23.8 Å². The molecule has 0 spiro atoms. The Hall–Kier alpha value is -1.89. The van der Waals surface area contributed by atoms with Gasteiger partial charge in [0.1, 0.15) is 10.9 Å². The number of hydrogen-bond acceptors (Lipinski definition) is 5. The number of rotatable bonds is 2. The van der Waals surface area contributed by atoms with Gasteiger partial charge in [-0.3, -0.25) is 19.7 Å². The monoisotopic (exact) mass is 253 g/mol. The smallest absolute Gasteiger partial charge is 0.264 e. The zero-order chi connectivity index (χ0) is 12.4. The summed E-state index contributed by atoms with van der Waals surface area (Å²) in [6.07, 6.45) is 0.554. The summed E-state index contributed by atoms with van der Waals surface area (Å²) in [4.78, 5) is 34.5. The van der Waals surface area contributed by atoms with Gasteiger partial charge < -0.3 is 11.1 Å². The molecule has 3 amide bonds. The molecule has 1 fully saturated rings. The SMILES string of the molecule is Nc1ccsc1C(=O)NC1CCC(=O)NC1=O. The normalized spacial score (nSPS) is 19.9. The number of carbonyl (C=O) groups is 3. The Kier molecular flexibility index (Phi) is 3.10. The third kappa shape index (κ3) is 2.44. The second-order valence-electron chi connectivity index (χ2n) is 3.68. The van der Waals surface area contributed by atoms with Gasteiger partial charge in [-0.15, -0.1) is 11.3 Å². The summed E-state index contributed by atoms with van der Waals surface area (Å²) in [6.45, 7) is 0. The Balaban J connectivity index is 2.02. The summed E-state index contributed by atoms with van der Waals surface area (Å²) in [5.74, 6) is -1.16. The highest BCUT2D eigenvalue weighted by atomic mass is 32.1. The van der Waals surface area contributed by atoms with Crippen LogP contribution in [-0.2, 0) is 9.59 Å². The maximum atomic E-state index is 11.8. The maximum Gasteiger partial charge on any atom is 0.264 e. The standard InChI is InChI=1S/C10H11N3O3S/c11-5-3-4-17-8(5)10(16)12-6-1-2-7(14)13-9(6)15/h3-4,6H,1-2,11H2,(H,12,16)(H,13,14,15). The molecule has 6 nitrogen and oxygen atoms in total. The fourth-order valence-corrected chi connectivity index (χ4v) is 2.28. The van der Waals surface area contributed by atoms with Gasteiger partial charge in [0.25, 0.3) is 5.91 Å². The number of piperidine rings is 1. The van der Waals surface area contributed by atoms with E-state index in [0.717, 1.165) is 0 Å². The number of hydrogen-bond donors (Lipinski definition) is 3. The van der Waals surface area contributed by atoms with E-state index in [4.69, 9.17) is 5.73 Å². The lowest BCUT2D eigenvalue weighted by atomic mass is 10.1. The van der Waals surface area contributed by atoms with Crippen molar-refractivity contribution >= 4 is 34.7 Å². The largest absolute Gasteiger partial charge is 0.397 e. The molecule has 0 bridgehead atoms. The zero-order valence-electron chi connectivity index (χ0n) is 8.86. The molecule has 0 radical (unpaired) electrons. The molecule has 90 valence electrons. The van der Waals surface area contributed by atoms with Crippen LogP contribution in [0.5, 0.6) is 0 Å². The Bertz CT molecular complexity index is 483. The summed E-state index contributed by atoms with van der Waals surface area (Å²) in [5.41, 5.74) is 5.99. The summed E-state index contributed by atoms with van der Waals surface area (Å²) >= 11 is 1.21. The van der Waals surface area contributed by atoms with Gasteiger partial charge in [0.2, 0.25) is 11.8 Å². The minimum Gasteiger partial charge on any atom is -0.397 e. The highest BCUT2D eigenvalue weighted by molar-refractivity contribution is 7.12. The lowest BCUT2D eigenvalue weighted by Gasteiger charge is -2.21. The highest BCUT2D eigenvalue weighted by Crippen LogP contribution is 2.19. The van der Waals surface area contributed by atoms with Gasteiger partial charge in [0.15, 0.2) is 0 Å². The summed E-state index contributed by atoms with van der Waals surface area (Å²) < 4.78 is 0. The molecule has 0 saturated carbocycles. The molecule has 1 saturated heterocycles. The molecule has 1 aliphatic rings. The molecule has 1 aromatic heterocycles. The van der Waals surface area contributed by atoms with Crippen molar-refractivity contribution in [2.75, 3.05) is 5.73 Å². The first-order valence-electron chi connectivity index (χ1n) is 5.05. The fourth-order valence-electron chi connectivity index (χ4n) is 1.56. The van der Waals surface area contributed by atoms with Crippen molar-refractivity contribution in [3.63, 3.8) is 0 Å². The molecule has 4 N–H and O–H groups in total. The molecular formula is C10H11N3O3S. The Morgan fingerprint density at radius 2 is 2.29 bits per heavy atom. The van der Waals surface area contributed by atoms with E-state index in [2.05, 4.69) is 10.6 Å². The van der Waals surface area contributed by atoms with Crippen LogP contribution in [0.4, 0.5) is 5.69 Å². The van der Waals surface area contributed by atoms with Crippen LogP contribution in [0.3, 0.4) is 0 Å². The molecule has 1 aliphatic heterocycles. The predicted molar refractivity (Wildman–Crippen MR) is 62.4 cm³/mol. The zero-order valence-corrected chi connectivity index (χ0v) is 9.67. The third-order valence-corrected chi connectivity index (χ3v) is 3.38. The average Bonchev–Trinajstić information content (AvgIpc) is 2.68. The second kappa shape index (κ2) is 4.54. The van der Waals surface area contributed by atoms with Gasteiger partial charge >= 0.3 is 0 Å². The predicted octanol–water partition coefficient (Wildman–Crippen LogP) is -0.135. The van der Waals surface area contributed by atoms with Crippen molar-refractivity contribution in [2.45, 2.75) is 18.9 Å². The fraction of sp³-hybridized carbons (Fsp3) is 0.300. The van der Waals surface area contributed by atoms with E-state index in [-0.39, 0.29) is 18.2 Å². The van der Waals surface area contributed by atoms with E-state index < -0.39 is 11.9 Å². The number of imide groups is 1. The van der Waals surface area contributed by atoms with Crippen LogP contribution in [0, 0.1) is 0 Å². The number of carbonyl (C=O) groups excluding carboxylic acids is 3. The quantitative estimate of drug-likeness (QED) is 0.639. The van der Waals surface area contributed by atoms with Crippen molar-refractivity contribution in [1.29, 1.82) is 0 Å². The Labute approximate surface area is 101 Å². The second-order valence-corrected chi connectivity index (χ2v) is 4.60. The molecule has 2 heterocycles. The number of nitrogens with one attached hydrogen (secondary N) is 2. The first-order chi connectivity index (χ1) is 8.08. The first kappa shape index (κ1) is 11.6. The minimum absolute atomic E-state index is 0.233. The van der Waals surface area contributed by atoms with Crippen LogP contribution < -0.4 is 16.4 Å².